The van der Waals surface area contributed by atoms with Gasteiger partial charge in [0, 0.05) is 39.3 Å². The minimum absolute atomic E-state index is 0.237. The Bertz CT molecular complexity index is 708. The Kier molecular flexibility index (Phi) is 6.50. The summed E-state index contributed by atoms with van der Waals surface area (Å²) >= 11 is 5.45. The number of rotatable bonds is 5. The number of hydrogen-bond donors (Lipinski definition) is 1. The monoisotopic (exact) mass is 397 g/mol. The highest BCUT2D eigenvalue weighted by atomic mass is 32.2. The lowest BCUT2D eigenvalue weighted by molar-refractivity contribution is 0.113. The Morgan fingerprint density at radius 3 is 2.50 bits per heavy atom. The van der Waals surface area contributed by atoms with Gasteiger partial charge in [-0.2, -0.15) is 4.31 Å². The summed E-state index contributed by atoms with van der Waals surface area (Å²) in [5, 5.41) is 3.94. The summed E-state index contributed by atoms with van der Waals surface area (Å²) in [4.78, 5) is 2.40. The summed E-state index contributed by atoms with van der Waals surface area (Å²) in [7, 11) is -3.44. The maximum absolute atomic E-state index is 12.8. The number of benzene rings is 1. The quantitative estimate of drug-likeness (QED) is 0.762. The van der Waals surface area contributed by atoms with Crippen LogP contribution in [0.1, 0.15) is 25.3 Å². The Morgan fingerprint density at radius 1 is 1.23 bits per heavy atom. The maximum atomic E-state index is 12.8. The van der Waals surface area contributed by atoms with Crippen LogP contribution in [0.5, 0.6) is 0 Å². The van der Waals surface area contributed by atoms with Crippen molar-refractivity contribution >= 4 is 27.4 Å². The molecular weight excluding hydrogens is 370 g/mol. The number of aryl methyl sites for hydroxylation is 1. The van der Waals surface area contributed by atoms with E-state index >= 15 is 0 Å². The molecule has 3 rings (SSSR count). The predicted molar refractivity (Wildman–Crippen MR) is 106 cm³/mol. The normalized spacial score (nSPS) is 21.7. The summed E-state index contributed by atoms with van der Waals surface area (Å²) in [6, 6.07) is 7.17. The number of nitrogens with zero attached hydrogens (tertiary/aromatic N) is 2. The van der Waals surface area contributed by atoms with Gasteiger partial charge in [-0.3, -0.25) is 0 Å². The second-order valence-corrected chi connectivity index (χ2v) is 9.03. The average molecular weight is 398 g/mol. The Morgan fingerprint density at radius 2 is 1.92 bits per heavy atom. The Hall–Kier alpha value is -1.22. The number of hydrogen-bond acceptors (Lipinski definition) is 4. The molecule has 1 aromatic carbocycles. The van der Waals surface area contributed by atoms with Crippen molar-refractivity contribution in [3.8, 4) is 0 Å². The van der Waals surface area contributed by atoms with Gasteiger partial charge in [-0.1, -0.05) is 19.1 Å². The van der Waals surface area contributed by atoms with Crippen LogP contribution >= 0.6 is 12.2 Å². The molecule has 1 atom stereocenters. The van der Waals surface area contributed by atoms with Gasteiger partial charge in [0.25, 0.3) is 0 Å². The van der Waals surface area contributed by atoms with Crippen LogP contribution in [-0.4, -0.2) is 68.2 Å². The van der Waals surface area contributed by atoms with Gasteiger partial charge in [0.2, 0.25) is 10.0 Å². The first-order valence-electron chi connectivity index (χ1n) is 9.24. The average Bonchev–Trinajstić information content (AvgIpc) is 3.20. The first-order valence-corrected chi connectivity index (χ1v) is 11.1. The lowest BCUT2D eigenvalue weighted by Crippen LogP contribution is -2.53. The molecule has 2 aliphatic heterocycles. The number of ether oxygens (including phenoxy) is 1. The predicted octanol–water partition coefficient (Wildman–Crippen LogP) is 1.61. The Balaban J connectivity index is 1.52. The minimum Gasteiger partial charge on any atom is -0.376 e. The summed E-state index contributed by atoms with van der Waals surface area (Å²) in [6.07, 6.45) is 3.31. The fourth-order valence-corrected chi connectivity index (χ4v) is 4.98. The van der Waals surface area contributed by atoms with Crippen LogP contribution in [0, 0.1) is 0 Å². The van der Waals surface area contributed by atoms with E-state index in [4.69, 9.17) is 17.0 Å². The van der Waals surface area contributed by atoms with Crippen molar-refractivity contribution in [2.24, 2.45) is 0 Å². The van der Waals surface area contributed by atoms with Gasteiger partial charge >= 0.3 is 0 Å². The first kappa shape index (κ1) is 19.5. The van der Waals surface area contributed by atoms with Crippen molar-refractivity contribution in [3.63, 3.8) is 0 Å². The van der Waals surface area contributed by atoms with Crippen molar-refractivity contribution in [2.45, 2.75) is 37.2 Å². The number of nitrogens with one attached hydrogen (secondary N) is 1. The van der Waals surface area contributed by atoms with E-state index in [9.17, 15) is 8.42 Å². The van der Waals surface area contributed by atoms with E-state index < -0.39 is 10.0 Å². The molecule has 1 N–H and O–H groups in total. The van der Waals surface area contributed by atoms with E-state index in [0.29, 0.717) is 36.2 Å². The number of thiocarbonyl (C=S) groups is 1. The van der Waals surface area contributed by atoms with Crippen molar-refractivity contribution in [1.29, 1.82) is 0 Å². The van der Waals surface area contributed by atoms with Crippen molar-refractivity contribution in [2.75, 3.05) is 39.3 Å². The molecule has 0 saturated carbocycles. The fourth-order valence-electron chi connectivity index (χ4n) is 3.30. The van der Waals surface area contributed by atoms with Crippen molar-refractivity contribution in [3.05, 3.63) is 29.8 Å². The summed E-state index contributed by atoms with van der Waals surface area (Å²) in [5.74, 6) is 0. The van der Waals surface area contributed by atoms with Crippen molar-refractivity contribution in [1.82, 2.24) is 14.5 Å². The minimum atomic E-state index is -3.44. The Labute approximate surface area is 161 Å². The molecule has 26 heavy (non-hydrogen) atoms. The third kappa shape index (κ3) is 4.54. The highest BCUT2D eigenvalue weighted by Crippen LogP contribution is 2.19. The molecule has 6 nitrogen and oxygen atoms in total. The van der Waals surface area contributed by atoms with Crippen LogP contribution in [0.25, 0.3) is 0 Å². The third-order valence-electron chi connectivity index (χ3n) is 5.00. The molecule has 1 aromatic rings. The zero-order valence-electron chi connectivity index (χ0n) is 15.2. The van der Waals surface area contributed by atoms with E-state index in [1.54, 1.807) is 16.4 Å². The lowest BCUT2D eigenvalue weighted by Gasteiger charge is -2.35. The number of sulfonamides is 1. The molecule has 0 spiro atoms. The largest absolute Gasteiger partial charge is 0.376 e. The molecule has 0 amide bonds. The molecule has 0 radical (unpaired) electrons. The second kappa shape index (κ2) is 8.65. The smallest absolute Gasteiger partial charge is 0.243 e. The van der Waals surface area contributed by atoms with E-state index in [1.165, 1.54) is 0 Å². The van der Waals surface area contributed by atoms with Gasteiger partial charge in [-0.05, 0) is 49.2 Å². The molecule has 2 saturated heterocycles. The van der Waals surface area contributed by atoms with Gasteiger partial charge in [-0.15, -0.1) is 0 Å². The van der Waals surface area contributed by atoms with Crippen molar-refractivity contribution < 1.29 is 13.2 Å². The van der Waals surface area contributed by atoms with E-state index in [0.717, 1.165) is 38.0 Å². The highest BCUT2D eigenvalue weighted by Gasteiger charge is 2.29. The van der Waals surface area contributed by atoms with Crippen LogP contribution in [0.3, 0.4) is 0 Å². The van der Waals surface area contributed by atoms with Crippen LogP contribution in [0.15, 0.2) is 29.2 Å². The molecule has 0 bridgehead atoms. The molecule has 144 valence electrons. The standard InChI is InChI=1S/C18H27N3O3S2/c1-2-15-5-7-17(8-6-15)26(22,23)21-11-9-20(10-12-21)18(25)19-14-16-4-3-13-24-16/h5-8,16H,2-4,9-14H2,1H3,(H,19,25). The topological polar surface area (TPSA) is 61.9 Å². The second-order valence-electron chi connectivity index (χ2n) is 6.71. The van der Waals surface area contributed by atoms with E-state index in [-0.39, 0.29) is 6.10 Å². The molecule has 0 aromatic heterocycles. The molecular formula is C18H27N3O3S2. The molecule has 2 fully saturated rings. The van der Waals surface area contributed by atoms with Crippen LogP contribution in [-0.2, 0) is 21.2 Å². The zero-order chi connectivity index (χ0) is 18.6. The molecule has 2 aliphatic rings. The molecule has 1 unspecified atom stereocenters. The molecule has 2 heterocycles. The molecule has 0 aliphatic carbocycles. The van der Waals surface area contributed by atoms with E-state index in [2.05, 4.69) is 12.2 Å². The first-order chi connectivity index (χ1) is 12.5. The van der Waals surface area contributed by atoms with Crippen LogP contribution in [0.2, 0.25) is 0 Å². The highest BCUT2D eigenvalue weighted by molar-refractivity contribution is 7.89. The number of piperazine rings is 1. The fraction of sp³-hybridized carbons (Fsp3) is 0.611. The zero-order valence-corrected chi connectivity index (χ0v) is 16.8. The SMILES string of the molecule is CCc1ccc(S(=O)(=O)N2CCN(C(=S)NCC3CCCO3)CC2)cc1. The lowest BCUT2D eigenvalue weighted by atomic mass is 10.2. The van der Waals surface area contributed by atoms with Crippen LogP contribution in [0.4, 0.5) is 0 Å². The maximum Gasteiger partial charge on any atom is 0.243 e. The van der Waals surface area contributed by atoms with Gasteiger partial charge in [0.15, 0.2) is 5.11 Å². The summed E-state index contributed by atoms with van der Waals surface area (Å²) in [5.41, 5.74) is 1.14. The van der Waals surface area contributed by atoms with Gasteiger partial charge < -0.3 is 15.0 Å². The third-order valence-corrected chi connectivity index (χ3v) is 7.32. The van der Waals surface area contributed by atoms with Gasteiger partial charge in [0.1, 0.15) is 0 Å². The van der Waals surface area contributed by atoms with Crippen LogP contribution < -0.4 is 5.32 Å². The van der Waals surface area contributed by atoms with E-state index in [1.807, 2.05) is 17.0 Å². The van der Waals surface area contributed by atoms with Gasteiger partial charge in [-0.25, -0.2) is 8.42 Å². The summed E-state index contributed by atoms with van der Waals surface area (Å²) < 4.78 is 32.7. The summed E-state index contributed by atoms with van der Waals surface area (Å²) in [6.45, 7) is 5.70. The van der Waals surface area contributed by atoms with Gasteiger partial charge in [0.05, 0.1) is 11.0 Å². The molecule has 8 heteroatoms.